The summed E-state index contributed by atoms with van der Waals surface area (Å²) in [6.07, 6.45) is -4.56. The minimum absolute atomic E-state index is 0.0984. The lowest BCUT2D eigenvalue weighted by atomic mass is 10.1. The fourth-order valence-corrected chi connectivity index (χ4v) is 1.94. The molecule has 0 aromatic heterocycles. The van der Waals surface area contributed by atoms with E-state index in [0.717, 1.165) is 30.3 Å². The molecule has 0 bridgehead atoms. The van der Waals surface area contributed by atoms with Gasteiger partial charge in [0.2, 0.25) is 5.82 Å². The summed E-state index contributed by atoms with van der Waals surface area (Å²) in [6.45, 7) is -0.801. The summed E-state index contributed by atoms with van der Waals surface area (Å²) in [6, 6.07) is 5.80. The van der Waals surface area contributed by atoms with Crippen LogP contribution in [0.4, 0.5) is 28.9 Å². The summed E-state index contributed by atoms with van der Waals surface area (Å²) >= 11 is 0. The van der Waals surface area contributed by atoms with Gasteiger partial charge in [0.1, 0.15) is 0 Å². The number of rotatable bonds is 5. The van der Waals surface area contributed by atoms with Crippen molar-refractivity contribution in [2.24, 2.45) is 0 Å². The van der Waals surface area contributed by atoms with Gasteiger partial charge in [-0.15, -0.1) is 0 Å². The van der Waals surface area contributed by atoms with Crippen LogP contribution in [0.1, 0.15) is 15.9 Å². The first-order chi connectivity index (χ1) is 12.6. The Morgan fingerprint density at radius 1 is 1.11 bits per heavy atom. The zero-order valence-electron chi connectivity index (χ0n) is 13.2. The second-order valence-electron chi connectivity index (χ2n) is 5.12. The number of amides is 1. The predicted octanol–water partition coefficient (Wildman–Crippen LogP) is 3.55. The molecule has 0 unspecified atom stereocenters. The van der Waals surface area contributed by atoms with Gasteiger partial charge in [0.05, 0.1) is 16.1 Å². The van der Waals surface area contributed by atoms with Crippen molar-refractivity contribution in [2.75, 3.05) is 11.9 Å². The van der Waals surface area contributed by atoms with Crippen LogP contribution >= 0.6 is 0 Å². The number of carbonyl (C=O) groups is 2. The van der Waals surface area contributed by atoms with E-state index in [1.165, 1.54) is 0 Å². The number of anilines is 1. The van der Waals surface area contributed by atoms with Gasteiger partial charge in [-0.25, -0.2) is 4.79 Å². The molecule has 1 amide bonds. The van der Waals surface area contributed by atoms with E-state index in [4.69, 9.17) is 0 Å². The third kappa shape index (κ3) is 5.23. The van der Waals surface area contributed by atoms with Crippen LogP contribution in [-0.2, 0) is 15.7 Å². The first-order valence-corrected chi connectivity index (χ1v) is 7.16. The van der Waals surface area contributed by atoms with Crippen molar-refractivity contribution in [3.8, 4) is 0 Å². The molecule has 142 valence electrons. The number of nitro benzene ring substituents is 1. The number of carbonyl (C=O) groups excluding carboxylic acids is 2. The Bertz CT molecular complexity index is 881. The SMILES string of the molecule is O=C(COC(=O)c1ccc(C(F)(F)F)cc1)Nc1ccc(F)c([N+](=O)[O-])c1. The number of alkyl halides is 3. The number of nitrogens with zero attached hydrogens (tertiary/aromatic N) is 1. The summed E-state index contributed by atoms with van der Waals surface area (Å²) in [5, 5.41) is 12.8. The molecule has 27 heavy (non-hydrogen) atoms. The van der Waals surface area contributed by atoms with Crippen LogP contribution in [0.5, 0.6) is 0 Å². The quantitative estimate of drug-likeness (QED) is 0.367. The Morgan fingerprint density at radius 2 is 1.74 bits per heavy atom. The lowest BCUT2D eigenvalue weighted by Crippen LogP contribution is -2.21. The molecule has 7 nitrogen and oxygen atoms in total. The number of hydrogen-bond donors (Lipinski definition) is 1. The van der Waals surface area contributed by atoms with Gasteiger partial charge in [-0.05, 0) is 36.4 Å². The highest BCUT2D eigenvalue weighted by Gasteiger charge is 2.30. The van der Waals surface area contributed by atoms with Crippen LogP contribution in [0.15, 0.2) is 42.5 Å². The highest BCUT2D eigenvalue weighted by molar-refractivity contribution is 5.95. The molecule has 2 aromatic rings. The van der Waals surface area contributed by atoms with Gasteiger partial charge in [-0.2, -0.15) is 17.6 Å². The topological polar surface area (TPSA) is 98.5 Å². The van der Waals surface area contributed by atoms with Crippen LogP contribution in [-0.4, -0.2) is 23.4 Å². The zero-order chi connectivity index (χ0) is 20.2. The molecule has 0 aliphatic heterocycles. The van der Waals surface area contributed by atoms with Gasteiger partial charge < -0.3 is 10.1 Å². The van der Waals surface area contributed by atoms with Crippen molar-refractivity contribution in [1.82, 2.24) is 0 Å². The summed E-state index contributed by atoms with van der Waals surface area (Å²) in [7, 11) is 0. The molecule has 0 heterocycles. The average Bonchev–Trinajstić information content (AvgIpc) is 2.60. The number of esters is 1. The van der Waals surface area contributed by atoms with E-state index in [-0.39, 0.29) is 11.3 Å². The highest BCUT2D eigenvalue weighted by atomic mass is 19.4. The maximum atomic E-state index is 13.2. The van der Waals surface area contributed by atoms with Crippen molar-refractivity contribution in [1.29, 1.82) is 0 Å². The summed E-state index contributed by atoms with van der Waals surface area (Å²) in [4.78, 5) is 33.1. The molecular weight excluding hydrogens is 376 g/mol. The zero-order valence-corrected chi connectivity index (χ0v) is 13.2. The smallest absolute Gasteiger partial charge is 0.416 e. The van der Waals surface area contributed by atoms with E-state index >= 15 is 0 Å². The second kappa shape index (κ2) is 7.81. The molecular formula is C16H10F4N2O5. The molecule has 2 aromatic carbocycles. The Balaban J connectivity index is 1.94. The number of halogens is 4. The molecule has 0 atom stereocenters. The lowest BCUT2D eigenvalue weighted by molar-refractivity contribution is -0.387. The van der Waals surface area contributed by atoms with Gasteiger partial charge in [-0.3, -0.25) is 14.9 Å². The van der Waals surface area contributed by atoms with Crippen LogP contribution in [0, 0.1) is 15.9 Å². The largest absolute Gasteiger partial charge is 0.452 e. The van der Waals surface area contributed by atoms with E-state index in [1.807, 2.05) is 0 Å². The van der Waals surface area contributed by atoms with Crippen LogP contribution in [0.25, 0.3) is 0 Å². The van der Waals surface area contributed by atoms with Gasteiger partial charge in [0.15, 0.2) is 6.61 Å². The van der Waals surface area contributed by atoms with Gasteiger partial charge >= 0.3 is 17.8 Å². The van der Waals surface area contributed by atoms with Crippen LogP contribution in [0.2, 0.25) is 0 Å². The highest BCUT2D eigenvalue weighted by Crippen LogP contribution is 2.29. The van der Waals surface area contributed by atoms with Crippen LogP contribution in [0.3, 0.4) is 0 Å². The molecule has 0 radical (unpaired) electrons. The summed E-state index contributed by atoms with van der Waals surface area (Å²) in [5.41, 5.74) is -2.10. The van der Waals surface area contributed by atoms with Crippen molar-refractivity contribution >= 4 is 23.3 Å². The maximum absolute atomic E-state index is 13.2. The summed E-state index contributed by atoms with van der Waals surface area (Å²) in [5.74, 6) is -3.01. The molecule has 0 aliphatic rings. The van der Waals surface area contributed by atoms with Gasteiger partial charge in [0.25, 0.3) is 5.91 Å². The third-order valence-corrected chi connectivity index (χ3v) is 3.21. The second-order valence-corrected chi connectivity index (χ2v) is 5.12. The monoisotopic (exact) mass is 386 g/mol. The Morgan fingerprint density at radius 3 is 2.30 bits per heavy atom. The molecule has 0 saturated heterocycles. The van der Waals surface area contributed by atoms with E-state index in [9.17, 15) is 37.3 Å². The van der Waals surface area contributed by atoms with Crippen molar-refractivity contribution < 1.29 is 36.8 Å². The first kappa shape index (κ1) is 19.8. The number of hydrogen-bond acceptors (Lipinski definition) is 5. The molecule has 2 rings (SSSR count). The minimum atomic E-state index is -4.56. The van der Waals surface area contributed by atoms with E-state index < -0.39 is 46.7 Å². The molecule has 11 heteroatoms. The fraction of sp³-hybridized carbons (Fsp3) is 0.125. The standard InChI is InChI=1S/C16H10F4N2O5/c17-12-6-5-11(7-13(12)22(25)26)21-14(23)8-27-15(24)9-1-3-10(4-2-9)16(18,19)20/h1-7H,8H2,(H,21,23). The number of benzene rings is 2. The van der Waals surface area contributed by atoms with E-state index in [1.54, 1.807) is 0 Å². The fourth-order valence-electron chi connectivity index (χ4n) is 1.94. The van der Waals surface area contributed by atoms with Crippen molar-refractivity contribution in [2.45, 2.75) is 6.18 Å². The first-order valence-electron chi connectivity index (χ1n) is 7.16. The predicted molar refractivity (Wildman–Crippen MR) is 83.4 cm³/mol. The van der Waals surface area contributed by atoms with Crippen molar-refractivity contribution in [3.05, 3.63) is 69.5 Å². The average molecular weight is 386 g/mol. The van der Waals surface area contributed by atoms with Gasteiger partial charge in [-0.1, -0.05) is 0 Å². The van der Waals surface area contributed by atoms with E-state index in [2.05, 4.69) is 10.1 Å². The molecule has 0 fully saturated rings. The third-order valence-electron chi connectivity index (χ3n) is 3.21. The van der Waals surface area contributed by atoms with Crippen molar-refractivity contribution in [3.63, 3.8) is 0 Å². The normalized spacial score (nSPS) is 11.0. The Kier molecular flexibility index (Phi) is 5.73. The molecule has 0 aliphatic carbocycles. The number of ether oxygens (including phenoxy) is 1. The minimum Gasteiger partial charge on any atom is -0.452 e. The molecule has 1 N–H and O–H groups in total. The Hall–Kier alpha value is -3.50. The maximum Gasteiger partial charge on any atom is 0.416 e. The Labute approximate surface area is 148 Å². The number of nitro groups is 1. The molecule has 0 spiro atoms. The number of nitrogens with one attached hydrogen (secondary N) is 1. The van der Waals surface area contributed by atoms with Crippen LogP contribution < -0.4 is 5.32 Å². The molecule has 0 saturated carbocycles. The van der Waals surface area contributed by atoms with E-state index in [0.29, 0.717) is 12.1 Å². The lowest BCUT2D eigenvalue weighted by Gasteiger charge is -2.08. The van der Waals surface area contributed by atoms with Gasteiger partial charge in [0, 0.05) is 11.8 Å². The summed E-state index contributed by atoms with van der Waals surface area (Å²) < 4.78 is 55.2.